The molecule has 2 nitrogen and oxygen atoms in total. The summed E-state index contributed by atoms with van der Waals surface area (Å²) in [5, 5.41) is 3.75. The molecule has 1 aromatic carbocycles. The van der Waals surface area contributed by atoms with E-state index in [-0.39, 0.29) is 5.54 Å². The molecule has 3 unspecified atom stereocenters. The van der Waals surface area contributed by atoms with Crippen molar-refractivity contribution in [1.29, 1.82) is 0 Å². The van der Waals surface area contributed by atoms with E-state index < -0.39 is 0 Å². The van der Waals surface area contributed by atoms with E-state index >= 15 is 0 Å². The fraction of sp³-hybridized carbons (Fsp3) is 0.611. The van der Waals surface area contributed by atoms with Gasteiger partial charge in [0.2, 0.25) is 0 Å². The lowest BCUT2D eigenvalue weighted by atomic mass is 9.73. The molecule has 0 bridgehead atoms. The van der Waals surface area contributed by atoms with Crippen LogP contribution in [0.25, 0.3) is 0 Å². The van der Waals surface area contributed by atoms with Crippen molar-refractivity contribution in [3.8, 4) is 0 Å². The highest BCUT2D eigenvalue weighted by Gasteiger charge is 2.41. The summed E-state index contributed by atoms with van der Waals surface area (Å²) < 4.78 is 0. The highest BCUT2D eigenvalue weighted by atomic mass is 16.1. The van der Waals surface area contributed by atoms with Gasteiger partial charge in [-0.3, -0.25) is 0 Å². The summed E-state index contributed by atoms with van der Waals surface area (Å²) >= 11 is 0. The second-order valence-corrected chi connectivity index (χ2v) is 6.78. The van der Waals surface area contributed by atoms with Gasteiger partial charge in [0.05, 0.1) is 0 Å². The number of carbonyl (C=O) groups excluding carboxylic acids is 1. The maximum atomic E-state index is 11.4. The Hall–Kier alpha value is -1.31. The van der Waals surface area contributed by atoms with Gasteiger partial charge >= 0.3 is 0 Å². The maximum absolute atomic E-state index is 11.4. The van der Waals surface area contributed by atoms with Gasteiger partial charge in [0.15, 0.2) is 0 Å². The van der Waals surface area contributed by atoms with Crippen LogP contribution in [0.4, 0.5) is 5.69 Å². The standard InChI is InChI=1S/C18H27NO/c1-6-16(13(3)10-14(4)20)18(5)11-15-8-7-12(2)9-17(15)19-18/h7-9,13,16,19H,6,10-11H2,1-5H3. The van der Waals surface area contributed by atoms with Gasteiger partial charge in [0.25, 0.3) is 0 Å². The number of anilines is 1. The second kappa shape index (κ2) is 5.59. The van der Waals surface area contributed by atoms with Crippen molar-refractivity contribution in [2.24, 2.45) is 11.8 Å². The summed E-state index contributed by atoms with van der Waals surface area (Å²) in [6, 6.07) is 6.67. The van der Waals surface area contributed by atoms with Crippen molar-refractivity contribution >= 4 is 11.5 Å². The predicted molar refractivity (Wildman–Crippen MR) is 85.2 cm³/mol. The number of ketones is 1. The van der Waals surface area contributed by atoms with Crippen LogP contribution in [0.5, 0.6) is 0 Å². The van der Waals surface area contributed by atoms with Gasteiger partial charge in [-0.15, -0.1) is 0 Å². The third-order valence-corrected chi connectivity index (χ3v) is 4.80. The second-order valence-electron chi connectivity index (χ2n) is 6.78. The lowest BCUT2D eigenvalue weighted by molar-refractivity contribution is -0.118. The minimum absolute atomic E-state index is 0.0692. The van der Waals surface area contributed by atoms with Crippen LogP contribution in [0.15, 0.2) is 18.2 Å². The van der Waals surface area contributed by atoms with E-state index in [1.165, 1.54) is 16.8 Å². The molecule has 0 fully saturated rings. The van der Waals surface area contributed by atoms with Crippen molar-refractivity contribution in [2.75, 3.05) is 5.32 Å². The van der Waals surface area contributed by atoms with Crippen LogP contribution >= 0.6 is 0 Å². The largest absolute Gasteiger partial charge is 0.379 e. The van der Waals surface area contributed by atoms with Gasteiger partial charge in [-0.2, -0.15) is 0 Å². The van der Waals surface area contributed by atoms with E-state index in [1.54, 1.807) is 6.92 Å². The minimum atomic E-state index is 0.0692. The molecule has 20 heavy (non-hydrogen) atoms. The number of Topliss-reactive ketones (excluding diaryl/α,β-unsaturated/α-hetero) is 1. The molecule has 3 atom stereocenters. The smallest absolute Gasteiger partial charge is 0.130 e. The first-order valence-corrected chi connectivity index (χ1v) is 7.73. The molecule has 0 saturated heterocycles. The molecule has 0 aliphatic carbocycles. The Labute approximate surface area is 123 Å². The fourth-order valence-electron chi connectivity index (χ4n) is 4.01. The molecular formula is C18H27NO. The number of benzene rings is 1. The lowest BCUT2D eigenvalue weighted by Gasteiger charge is -2.38. The van der Waals surface area contributed by atoms with E-state index in [9.17, 15) is 4.79 Å². The Morgan fingerprint density at radius 1 is 1.45 bits per heavy atom. The molecule has 1 aromatic rings. The molecule has 2 heteroatoms. The van der Waals surface area contributed by atoms with Crippen LogP contribution in [0, 0.1) is 18.8 Å². The summed E-state index contributed by atoms with van der Waals surface area (Å²) in [7, 11) is 0. The Morgan fingerprint density at radius 2 is 2.15 bits per heavy atom. The normalized spacial score (nSPS) is 23.9. The zero-order valence-corrected chi connectivity index (χ0v) is 13.4. The first-order valence-electron chi connectivity index (χ1n) is 7.73. The van der Waals surface area contributed by atoms with Crippen LogP contribution in [-0.4, -0.2) is 11.3 Å². The Balaban J connectivity index is 2.21. The summed E-state index contributed by atoms with van der Waals surface area (Å²) in [6.45, 7) is 10.6. The third-order valence-electron chi connectivity index (χ3n) is 4.80. The van der Waals surface area contributed by atoms with E-state index in [0.717, 1.165) is 12.8 Å². The van der Waals surface area contributed by atoms with Gasteiger partial charge in [-0.05, 0) is 56.2 Å². The van der Waals surface area contributed by atoms with Crippen molar-refractivity contribution in [2.45, 2.75) is 59.4 Å². The van der Waals surface area contributed by atoms with Crippen LogP contribution in [-0.2, 0) is 11.2 Å². The van der Waals surface area contributed by atoms with Crippen molar-refractivity contribution in [3.05, 3.63) is 29.3 Å². The molecule has 0 spiro atoms. The molecule has 1 N–H and O–H groups in total. The topological polar surface area (TPSA) is 29.1 Å². The van der Waals surface area contributed by atoms with Gasteiger partial charge in [0.1, 0.15) is 5.78 Å². The van der Waals surface area contributed by atoms with Crippen molar-refractivity contribution in [3.63, 3.8) is 0 Å². The predicted octanol–water partition coefficient (Wildman–Crippen LogP) is 4.36. The average Bonchev–Trinajstić information content (AvgIpc) is 2.64. The Morgan fingerprint density at radius 3 is 2.75 bits per heavy atom. The summed E-state index contributed by atoms with van der Waals surface area (Å²) in [5.74, 6) is 1.23. The van der Waals surface area contributed by atoms with Crippen LogP contribution in [0.2, 0.25) is 0 Å². The molecule has 1 aliphatic rings. The van der Waals surface area contributed by atoms with Gasteiger partial charge in [0, 0.05) is 17.6 Å². The molecular weight excluding hydrogens is 246 g/mol. The van der Waals surface area contributed by atoms with Gasteiger partial charge < -0.3 is 10.1 Å². The zero-order chi connectivity index (χ0) is 14.9. The zero-order valence-electron chi connectivity index (χ0n) is 13.4. The van der Waals surface area contributed by atoms with Crippen LogP contribution in [0.3, 0.4) is 0 Å². The number of hydrogen-bond acceptors (Lipinski definition) is 2. The fourth-order valence-corrected chi connectivity index (χ4v) is 4.01. The monoisotopic (exact) mass is 273 g/mol. The lowest BCUT2D eigenvalue weighted by Crippen LogP contribution is -2.44. The molecule has 0 amide bonds. The van der Waals surface area contributed by atoms with Crippen LogP contribution < -0.4 is 5.32 Å². The van der Waals surface area contributed by atoms with E-state index in [4.69, 9.17) is 0 Å². The summed E-state index contributed by atoms with van der Waals surface area (Å²) in [5.41, 5.74) is 4.05. The summed E-state index contributed by atoms with van der Waals surface area (Å²) in [4.78, 5) is 11.4. The Bertz CT molecular complexity index is 508. The quantitative estimate of drug-likeness (QED) is 0.863. The van der Waals surface area contributed by atoms with Gasteiger partial charge in [-0.1, -0.05) is 32.4 Å². The Kier molecular flexibility index (Phi) is 4.22. The van der Waals surface area contributed by atoms with Crippen molar-refractivity contribution < 1.29 is 4.79 Å². The van der Waals surface area contributed by atoms with Crippen molar-refractivity contribution in [1.82, 2.24) is 0 Å². The first kappa shape index (κ1) is 15.1. The molecule has 0 aromatic heterocycles. The number of rotatable bonds is 5. The maximum Gasteiger partial charge on any atom is 0.130 e. The third kappa shape index (κ3) is 2.89. The average molecular weight is 273 g/mol. The van der Waals surface area contributed by atoms with Crippen LogP contribution in [0.1, 0.15) is 51.7 Å². The first-order chi connectivity index (χ1) is 9.35. The van der Waals surface area contributed by atoms with E-state index in [1.807, 2.05) is 0 Å². The number of fused-ring (bicyclic) bond motifs is 1. The highest BCUT2D eigenvalue weighted by Crippen LogP contribution is 2.42. The van der Waals surface area contributed by atoms with Gasteiger partial charge in [-0.25, -0.2) is 0 Å². The minimum Gasteiger partial charge on any atom is -0.379 e. The molecule has 1 aliphatic heterocycles. The number of nitrogens with one attached hydrogen (secondary N) is 1. The van der Waals surface area contributed by atoms with E-state index in [0.29, 0.717) is 24.0 Å². The molecule has 110 valence electrons. The number of carbonyl (C=O) groups is 1. The molecule has 2 rings (SSSR count). The highest BCUT2D eigenvalue weighted by molar-refractivity contribution is 5.75. The number of aryl methyl sites for hydroxylation is 1. The molecule has 1 heterocycles. The molecule has 0 saturated carbocycles. The summed E-state index contributed by atoms with van der Waals surface area (Å²) in [6.07, 6.45) is 2.85. The van der Waals surface area contributed by atoms with E-state index in [2.05, 4.69) is 51.2 Å². The number of hydrogen-bond donors (Lipinski definition) is 1. The molecule has 0 radical (unpaired) electrons. The SMILES string of the molecule is CCC(C(C)CC(C)=O)C1(C)Cc2ccc(C)cc2N1.